The van der Waals surface area contributed by atoms with Crippen molar-refractivity contribution in [1.29, 1.82) is 0 Å². The van der Waals surface area contributed by atoms with E-state index in [4.69, 9.17) is 24.2 Å². The molecule has 3 N–H and O–H groups in total. The van der Waals surface area contributed by atoms with Crippen LogP contribution in [0.4, 0.5) is 23.1 Å². The number of anilines is 4. The van der Waals surface area contributed by atoms with Crippen molar-refractivity contribution >= 4 is 40.0 Å². The lowest BCUT2D eigenvalue weighted by Crippen LogP contribution is -2.46. The third kappa shape index (κ3) is 4.20. The van der Waals surface area contributed by atoms with Gasteiger partial charge in [0.25, 0.3) is 0 Å². The number of methoxy groups -OCH3 is 2. The molecule has 2 aliphatic heterocycles. The first-order chi connectivity index (χ1) is 20.9. The summed E-state index contributed by atoms with van der Waals surface area (Å²) in [5.41, 5.74) is 3.31. The van der Waals surface area contributed by atoms with Gasteiger partial charge in [-0.15, -0.1) is 0 Å². The van der Waals surface area contributed by atoms with Crippen molar-refractivity contribution in [3.8, 4) is 11.5 Å². The zero-order valence-corrected chi connectivity index (χ0v) is 24.7. The second-order valence-corrected chi connectivity index (χ2v) is 12.3. The summed E-state index contributed by atoms with van der Waals surface area (Å²) in [6.45, 7) is 5.62. The predicted octanol–water partition coefficient (Wildman–Crippen LogP) is 4.98. The van der Waals surface area contributed by atoms with Crippen LogP contribution < -0.4 is 25.0 Å². The van der Waals surface area contributed by atoms with Crippen LogP contribution in [0.25, 0.3) is 10.9 Å². The maximum atomic E-state index is 13.2. The highest BCUT2D eigenvalue weighted by atomic mass is 16.5. The highest BCUT2D eigenvalue weighted by Gasteiger charge is 2.65. The van der Waals surface area contributed by atoms with Crippen molar-refractivity contribution in [3.05, 3.63) is 53.3 Å². The van der Waals surface area contributed by atoms with Crippen molar-refractivity contribution in [2.75, 3.05) is 42.8 Å². The predicted molar refractivity (Wildman–Crippen MR) is 163 cm³/mol. The van der Waals surface area contributed by atoms with E-state index in [1.54, 1.807) is 14.2 Å². The standard InChI is InChI=1S/C32H35N7O4/c1-16-14-39(15-17(2)43-16)30-26(42-4)29(34-27(36-30)18-5-6-18)35-28-21-9-7-19(11-25(21)37-38-28)23-13-32(23)22-12-20(41-3)8-10-24(22)33-31(32)40/h7-12,16-18,23H,5-6,13-15H2,1-4H3,(H,33,40)(H2,34,35,36,37,38)/t16-,17+,23-,32-/m0/s1. The fraction of sp³-hybridized carbons (Fsp3) is 0.438. The molecule has 0 bridgehead atoms. The number of carbonyl (C=O) groups is 1. The van der Waals surface area contributed by atoms with Crippen LogP contribution in [0.2, 0.25) is 0 Å². The van der Waals surface area contributed by atoms with Crippen LogP contribution in [-0.2, 0) is 14.9 Å². The number of amides is 1. The van der Waals surface area contributed by atoms with Crippen LogP contribution in [0, 0.1) is 0 Å². The Labute approximate surface area is 249 Å². The van der Waals surface area contributed by atoms with Gasteiger partial charge in [-0.1, -0.05) is 6.07 Å². The number of benzene rings is 2. The number of fused-ring (bicyclic) bond motifs is 3. The number of H-pyrrole nitrogens is 1. The van der Waals surface area contributed by atoms with Crippen LogP contribution in [0.5, 0.6) is 11.5 Å². The smallest absolute Gasteiger partial charge is 0.235 e. The molecule has 4 atom stereocenters. The van der Waals surface area contributed by atoms with Gasteiger partial charge in [0.2, 0.25) is 11.7 Å². The number of hydrogen-bond acceptors (Lipinski definition) is 9. The number of aromatic amines is 1. The number of ether oxygens (including phenoxy) is 3. The summed E-state index contributed by atoms with van der Waals surface area (Å²) >= 11 is 0. The zero-order valence-electron chi connectivity index (χ0n) is 24.7. The van der Waals surface area contributed by atoms with E-state index in [9.17, 15) is 4.79 Å². The van der Waals surface area contributed by atoms with Gasteiger partial charge < -0.3 is 29.7 Å². The normalized spacial score (nSPS) is 26.0. The van der Waals surface area contributed by atoms with Crippen molar-refractivity contribution in [2.24, 2.45) is 0 Å². The first-order valence-electron chi connectivity index (χ1n) is 15.0. The minimum Gasteiger partial charge on any atom is -0.497 e. The maximum absolute atomic E-state index is 13.2. The van der Waals surface area contributed by atoms with Crippen molar-refractivity contribution in [3.63, 3.8) is 0 Å². The van der Waals surface area contributed by atoms with Crippen molar-refractivity contribution < 1.29 is 19.0 Å². The molecule has 1 saturated heterocycles. The Morgan fingerprint density at radius 3 is 2.58 bits per heavy atom. The average Bonchev–Trinajstić information content (AvgIpc) is 3.92. The molecule has 0 radical (unpaired) electrons. The molecule has 2 saturated carbocycles. The molecule has 222 valence electrons. The van der Waals surface area contributed by atoms with E-state index < -0.39 is 5.41 Å². The molecule has 11 heteroatoms. The van der Waals surface area contributed by atoms with E-state index in [0.29, 0.717) is 23.3 Å². The van der Waals surface area contributed by atoms with E-state index in [1.165, 1.54) is 0 Å². The molecule has 0 unspecified atom stereocenters. The number of aromatic nitrogens is 4. The van der Waals surface area contributed by atoms with Crippen LogP contribution in [0.1, 0.15) is 61.9 Å². The van der Waals surface area contributed by atoms with Gasteiger partial charge in [-0.3, -0.25) is 9.89 Å². The van der Waals surface area contributed by atoms with E-state index in [0.717, 1.165) is 77.5 Å². The Bertz CT molecular complexity index is 1760. The summed E-state index contributed by atoms with van der Waals surface area (Å²) in [6, 6.07) is 12.1. The topological polar surface area (TPSA) is 127 Å². The molecule has 3 fully saturated rings. The fourth-order valence-electron chi connectivity index (χ4n) is 6.98. The van der Waals surface area contributed by atoms with Gasteiger partial charge in [-0.2, -0.15) is 5.10 Å². The van der Waals surface area contributed by atoms with Gasteiger partial charge in [0, 0.05) is 36.0 Å². The van der Waals surface area contributed by atoms with Crippen molar-refractivity contribution in [1.82, 2.24) is 20.2 Å². The summed E-state index contributed by atoms with van der Waals surface area (Å²) in [5.74, 6) is 4.73. The number of nitrogens with one attached hydrogen (secondary N) is 3. The number of rotatable bonds is 7. The molecule has 2 aliphatic carbocycles. The Kier molecular flexibility index (Phi) is 5.84. The van der Waals surface area contributed by atoms with E-state index >= 15 is 0 Å². The highest BCUT2D eigenvalue weighted by Crippen LogP contribution is 2.65. The molecule has 1 amide bonds. The average molecular weight is 582 g/mol. The number of carbonyl (C=O) groups excluding carboxylic acids is 1. The minimum atomic E-state index is -0.558. The van der Waals surface area contributed by atoms with Gasteiger partial charge >= 0.3 is 0 Å². The van der Waals surface area contributed by atoms with E-state index in [1.807, 2.05) is 18.2 Å². The van der Waals surface area contributed by atoms with Gasteiger partial charge in [-0.25, -0.2) is 9.97 Å². The lowest BCUT2D eigenvalue weighted by atomic mass is 9.91. The summed E-state index contributed by atoms with van der Waals surface area (Å²) < 4.78 is 17.4. The lowest BCUT2D eigenvalue weighted by Gasteiger charge is -2.36. The molecule has 4 heterocycles. The number of nitrogens with zero attached hydrogens (tertiary/aromatic N) is 4. The summed E-state index contributed by atoms with van der Waals surface area (Å²) in [6.07, 6.45) is 3.11. The second kappa shape index (κ2) is 9.57. The van der Waals surface area contributed by atoms with E-state index in [2.05, 4.69) is 57.8 Å². The molecule has 2 aromatic carbocycles. The Morgan fingerprint density at radius 1 is 1.02 bits per heavy atom. The number of hydrogen-bond donors (Lipinski definition) is 3. The Hall–Kier alpha value is -4.38. The van der Waals surface area contributed by atoms with Gasteiger partial charge in [0.05, 0.1) is 37.4 Å². The second-order valence-electron chi connectivity index (χ2n) is 12.3. The molecular formula is C32H35N7O4. The monoisotopic (exact) mass is 581 g/mol. The summed E-state index contributed by atoms with van der Waals surface area (Å²) in [7, 11) is 3.31. The SMILES string of the molecule is COc1ccc2c(c1)[C@]1(C[C@H]1c1ccc3c(Nc4nc(C5CC5)nc(N5C[C@@H](C)O[C@@H](C)C5)c4OC)n[nH]c3c1)C(=O)N2. The summed E-state index contributed by atoms with van der Waals surface area (Å²) in [5, 5.41) is 15.3. The minimum absolute atomic E-state index is 0.0509. The molecular weight excluding hydrogens is 546 g/mol. The third-order valence-corrected chi connectivity index (χ3v) is 9.28. The van der Waals surface area contributed by atoms with Crippen LogP contribution in [0.3, 0.4) is 0 Å². The lowest BCUT2D eigenvalue weighted by molar-refractivity contribution is -0.118. The Morgan fingerprint density at radius 2 is 1.84 bits per heavy atom. The first kappa shape index (κ1) is 26.3. The molecule has 4 aromatic rings. The quantitative estimate of drug-likeness (QED) is 0.277. The van der Waals surface area contributed by atoms with Gasteiger partial charge in [0.15, 0.2) is 17.5 Å². The largest absolute Gasteiger partial charge is 0.497 e. The van der Waals surface area contributed by atoms with E-state index in [-0.39, 0.29) is 24.0 Å². The molecule has 1 spiro atoms. The molecule has 2 aromatic heterocycles. The molecule has 4 aliphatic rings. The van der Waals surface area contributed by atoms with Gasteiger partial charge in [0.1, 0.15) is 11.6 Å². The number of morpholine rings is 1. The van der Waals surface area contributed by atoms with Crippen molar-refractivity contribution in [2.45, 2.75) is 62.6 Å². The third-order valence-electron chi connectivity index (χ3n) is 9.28. The maximum Gasteiger partial charge on any atom is 0.235 e. The first-order valence-corrected chi connectivity index (χ1v) is 15.0. The molecule has 43 heavy (non-hydrogen) atoms. The zero-order chi connectivity index (χ0) is 29.5. The van der Waals surface area contributed by atoms with Crippen LogP contribution in [-0.4, -0.2) is 65.6 Å². The van der Waals surface area contributed by atoms with Crippen LogP contribution >= 0.6 is 0 Å². The Balaban J connectivity index is 1.11. The highest BCUT2D eigenvalue weighted by molar-refractivity contribution is 6.10. The van der Waals surface area contributed by atoms with Gasteiger partial charge in [-0.05, 0) is 74.6 Å². The summed E-state index contributed by atoms with van der Waals surface area (Å²) in [4.78, 5) is 25.3. The fourth-order valence-corrected chi connectivity index (χ4v) is 6.98. The van der Waals surface area contributed by atoms with Crippen LogP contribution in [0.15, 0.2) is 36.4 Å². The molecule has 8 rings (SSSR count). The molecule has 11 nitrogen and oxygen atoms in total.